The molecule has 1 aromatic carbocycles. The number of ether oxygens (including phenoxy) is 1. The number of imidazole rings is 1. The molecule has 3 aromatic heterocycles. The second-order valence-corrected chi connectivity index (χ2v) is 9.72. The Morgan fingerprint density at radius 3 is 2.71 bits per heavy atom. The lowest BCUT2D eigenvalue weighted by Gasteiger charge is -2.23. The smallest absolute Gasteiger partial charge is 0.247 e. The largest absolute Gasteiger partial charge is 0.494 e. The van der Waals surface area contributed by atoms with Crippen molar-refractivity contribution in [2.45, 2.75) is 20.3 Å². The van der Waals surface area contributed by atoms with E-state index in [2.05, 4.69) is 34.5 Å². The van der Waals surface area contributed by atoms with Crippen LogP contribution in [-0.4, -0.2) is 59.1 Å². The van der Waals surface area contributed by atoms with Crippen LogP contribution >= 0.6 is 0 Å². The lowest BCUT2D eigenvalue weighted by Crippen LogP contribution is -2.29. The average Bonchev–Trinajstić information content (AvgIpc) is 3.44. The number of aryl methyl sites for hydroxylation is 2. The number of methoxy groups -OCH3 is 1. The van der Waals surface area contributed by atoms with E-state index in [-0.39, 0.29) is 0 Å². The molecular weight excluding hydrogens is 450 g/mol. The summed E-state index contributed by atoms with van der Waals surface area (Å²) in [5, 5.41) is 7.97. The minimum atomic E-state index is -0.959. The number of hydrogen-bond donors (Lipinski definition) is 1. The Balaban J connectivity index is 1.45. The molecule has 0 bridgehead atoms. The Labute approximate surface area is 200 Å². The van der Waals surface area contributed by atoms with Crippen LogP contribution in [0.1, 0.15) is 23.2 Å². The Morgan fingerprint density at radius 2 is 2.03 bits per heavy atom. The van der Waals surface area contributed by atoms with E-state index in [4.69, 9.17) is 9.72 Å². The van der Waals surface area contributed by atoms with Gasteiger partial charge in [-0.2, -0.15) is 4.98 Å². The molecule has 176 valence electrons. The first kappa shape index (κ1) is 22.3. The second kappa shape index (κ2) is 9.03. The van der Waals surface area contributed by atoms with Crippen LogP contribution in [0.4, 0.5) is 11.6 Å². The van der Waals surface area contributed by atoms with Gasteiger partial charge < -0.3 is 14.6 Å². The molecule has 0 saturated carbocycles. The van der Waals surface area contributed by atoms with Gasteiger partial charge in [0, 0.05) is 49.1 Å². The molecular formula is C24H27N7O2S. The number of fused-ring (bicyclic) bond motifs is 1. The number of rotatable bonds is 6. The number of pyridine rings is 1. The summed E-state index contributed by atoms with van der Waals surface area (Å²) in [6, 6.07) is 8.01. The highest BCUT2D eigenvalue weighted by Gasteiger charge is 2.19. The molecule has 10 heteroatoms. The minimum absolute atomic E-state index is 0.507. The van der Waals surface area contributed by atoms with E-state index in [1.807, 2.05) is 50.9 Å². The third-order valence-electron chi connectivity index (χ3n) is 5.88. The molecule has 1 aliphatic rings. The molecule has 1 unspecified atom stereocenters. The molecule has 0 fully saturated rings. The van der Waals surface area contributed by atoms with Gasteiger partial charge in [0.15, 0.2) is 5.65 Å². The van der Waals surface area contributed by atoms with Gasteiger partial charge in [0.2, 0.25) is 5.95 Å². The van der Waals surface area contributed by atoms with Gasteiger partial charge in [-0.05, 0) is 49.6 Å². The van der Waals surface area contributed by atoms with Crippen molar-refractivity contribution in [3.05, 3.63) is 65.9 Å². The molecule has 0 spiro atoms. The first-order valence-corrected chi connectivity index (χ1v) is 12.5. The quantitative estimate of drug-likeness (QED) is 0.456. The van der Waals surface area contributed by atoms with Gasteiger partial charge in [-0.1, -0.05) is 6.08 Å². The molecule has 0 radical (unpaired) electrons. The summed E-state index contributed by atoms with van der Waals surface area (Å²) in [6.07, 6.45) is 10.4. The number of nitrogens with zero attached hydrogens (tertiary/aromatic N) is 6. The van der Waals surface area contributed by atoms with Gasteiger partial charge in [0.25, 0.3) is 0 Å². The summed E-state index contributed by atoms with van der Waals surface area (Å²) in [6.45, 7) is 5.43. The van der Waals surface area contributed by atoms with E-state index >= 15 is 0 Å². The topological polar surface area (TPSA) is 89.6 Å². The summed E-state index contributed by atoms with van der Waals surface area (Å²) in [5.74, 6) is 1.22. The summed E-state index contributed by atoms with van der Waals surface area (Å²) >= 11 is 0. The maximum Gasteiger partial charge on any atom is 0.247 e. The molecule has 0 aliphatic carbocycles. The van der Waals surface area contributed by atoms with Crippen molar-refractivity contribution in [3.63, 3.8) is 0 Å². The van der Waals surface area contributed by atoms with E-state index < -0.39 is 11.0 Å². The molecule has 0 amide bonds. The number of anilines is 2. The zero-order chi connectivity index (χ0) is 23.8. The molecule has 5 rings (SSSR count). The molecule has 4 heterocycles. The first-order valence-electron chi connectivity index (χ1n) is 11.0. The summed E-state index contributed by atoms with van der Waals surface area (Å²) in [7, 11) is 0.692. The van der Waals surface area contributed by atoms with Crippen molar-refractivity contribution in [2.24, 2.45) is 0 Å². The van der Waals surface area contributed by atoms with Crippen molar-refractivity contribution < 1.29 is 8.95 Å². The summed E-state index contributed by atoms with van der Waals surface area (Å²) < 4.78 is 23.1. The average molecular weight is 478 g/mol. The molecule has 4 aromatic rings. The van der Waals surface area contributed by atoms with E-state index in [1.54, 1.807) is 19.7 Å². The van der Waals surface area contributed by atoms with Crippen molar-refractivity contribution in [2.75, 3.05) is 31.8 Å². The van der Waals surface area contributed by atoms with Crippen LogP contribution in [0.15, 0.2) is 49.1 Å². The molecule has 1 atom stereocenters. The maximum atomic E-state index is 11.8. The Bertz CT molecular complexity index is 1420. The SMILES string of the molecule is COc1cc(Nc2nc3c(C4=CCN(S(C)=O)CC4)cc(C)cn3n2)ccc1-n1cnc(C)c1. The van der Waals surface area contributed by atoms with Gasteiger partial charge >= 0.3 is 0 Å². The van der Waals surface area contributed by atoms with Crippen LogP contribution in [-0.2, 0) is 11.0 Å². The van der Waals surface area contributed by atoms with Crippen LogP contribution in [0, 0.1) is 13.8 Å². The number of nitrogens with one attached hydrogen (secondary N) is 1. The summed E-state index contributed by atoms with van der Waals surface area (Å²) in [5.41, 5.74) is 6.82. The zero-order valence-electron chi connectivity index (χ0n) is 19.6. The minimum Gasteiger partial charge on any atom is -0.494 e. The lowest BCUT2D eigenvalue weighted by atomic mass is 10.0. The third-order valence-corrected chi connectivity index (χ3v) is 6.94. The van der Waals surface area contributed by atoms with Crippen molar-refractivity contribution >= 4 is 33.8 Å². The maximum absolute atomic E-state index is 11.8. The van der Waals surface area contributed by atoms with Crippen molar-refractivity contribution in [1.29, 1.82) is 0 Å². The normalized spacial score (nSPS) is 15.4. The monoisotopic (exact) mass is 477 g/mol. The van der Waals surface area contributed by atoms with E-state index in [1.165, 1.54) is 5.57 Å². The highest BCUT2D eigenvalue weighted by atomic mass is 32.2. The molecule has 1 N–H and O–H groups in total. The highest BCUT2D eigenvalue weighted by molar-refractivity contribution is 7.81. The first-order chi connectivity index (χ1) is 16.4. The molecule has 0 saturated heterocycles. The summed E-state index contributed by atoms with van der Waals surface area (Å²) in [4.78, 5) is 9.08. The fraction of sp³-hybridized carbons (Fsp3) is 0.292. The van der Waals surface area contributed by atoms with Crippen LogP contribution in [0.5, 0.6) is 5.75 Å². The third kappa shape index (κ3) is 4.34. The fourth-order valence-corrected chi connectivity index (χ4v) is 4.82. The number of aromatic nitrogens is 5. The highest BCUT2D eigenvalue weighted by Crippen LogP contribution is 2.30. The molecule has 9 nitrogen and oxygen atoms in total. The standard InChI is InChI=1S/C24H27N7O2S/c1-16-11-20(18-7-9-30(10-8-18)34(4)32)23-27-24(28-31(23)13-16)26-19-5-6-21(22(12-19)33-3)29-14-17(2)25-15-29/h5-7,11-15H,8-10H2,1-4H3,(H,26,28). The Hall–Kier alpha value is -3.50. The van der Waals surface area contributed by atoms with Gasteiger partial charge in [0.1, 0.15) is 5.75 Å². The van der Waals surface area contributed by atoms with E-state index in [9.17, 15) is 4.21 Å². The van der Waals surface area contributed by atoms with Crippen LogP contribution in [0.2, 0.25) is 0 Å². The van der Waals surface area contributed by atoms with Gasteiger partial charge in [-0.3, -0.25) is 0 Å². The lowest BCUT2D eigenvalue weighted by molar-refractivity contribution is 0.413. The van der Waals surface area contributed by atoms with Gasteiger partial charge in [-0.15, -0.1) is 5.10 Å². The van der Waals surface area contributed by atoms with Crippen LogP contribution in [0.25, 0.3) is 16.9 Å². The predicted octanol–water partition coefficient (Wildman–Crippen LogP) is 3.67. The van der Waals surface area contributed by atoms with Crippen LogP contribution in [0.3, 0.4) is 0 Å². The van der Waals surface area contributed by atoms with Gasteiger partial charge in [0.05, 0.1) is 35.8 Å². The van der Waals surface area contributed by atoms with Crippen molar-refractivity contribution in [3.8, 4) is 11.4 Å². The van der Waals surface area contributed by atoms with Crippen molar-refractivity contribution in [1.82, 2.24) is 28.5 Å². The van der Waals surface area contributed by atoms with Crippen LogP contribution < -0.4 is 10.1 Å². The number of hydrogen-bond acceptors (Lipinski definition) is 6. The molecule has 1 aliphatic heterocycles. The van der Waals surface area contributed by atoms with Gasteiger partial charge in [-0.25, -0.2) is 18.0 Å². The van der Waals surface area contributed by atoms with E-state index in [0.29, 0.717) is 18.2 Å². The Morgan fingerprint density at radius 1 is 1.18 bits per heavy atom. The zero-order valence-corrected chi connectivity index (χ0v) is 20.5. The van der Waals surface area contributed by atoms with E-state index in [0.717, 1.165) is 46.8 Å². The Kier molecular flexibility index (Phi) is 5.93. The fourth-order valence-electron chi connectivity index (χ4n) is 4.19. The number of benzene rings is 1. The molecule has 34 heavy (non-hydrogen) atoms. The predicted molar refractivity (Wildman–Crippen MR) is 134 cm³/mol. The second-order valence-electron chi connectivity index (χ2n) is 8.36.